The number of aryl methyl sites for hydroxylation is 2. The molecular weight excluding hydrogens is 246 g/mol. The molecule has 0 aliphatic rings. The molecule has 104 valence electrons. The first kappa shape index (κ1) is 15.0. The first-order valence-electron chi connectivity index (χ1n) is 5.99. The molecule has 1 aromatic carbocycles. The average molecular weight is 265 g/mol. The van der Waals surface area contributed by atoms with Crippen molar-refractivity contribution < 1.29 is 19.4 Å². The number of amides is 1. The lowest BCUT2D eigenvalue weighted by atomic mass is 9.98. The molecule has 1 amide bonds. The second-order valence-corrected chi connectivity index (χ2v) is 4.54. The smallest absolute Gasteiger partial charge is 0.326 e. The Balaban J connectivity index is 2.99. The summed E-state index contributed by atoms with van der Waals surface area (Å²) in [5.41, 5.74) is 2.77. The quantitative estimate of drug-likeness (QED) is 0.844. The van der Waals surface area contributed by atoms with Gasteiger partial charge in [-0.25, -0.2) is 4.79 Å². The Kier molecular flexibility index (Phi) is 4.92. The van der Waals surface area contributed by atoms with E-state index in [0.717, 1.165) is 22.4 Å². The number of nitrogens with one attached hydrogen (secondary N) is 1. The van der Waals surface area contributed by atoms with Crippen LogP contribution in [0, 0.1) is 13.8 Å². The standard InChI is InChI=1S/C14H19NO4/c1-8-6-13(19-4)9(2)5-11(8)7-12(14(17)18)15-10(3)16/h5-6,12H,7H2,1-4H3,(H,15,16)(H,17,18). The van der Waals surface area contributed by atoms with E-state index in [1.54, 1.807) is 7.11 Å². The van der Waals surface area contributed by atoms with Crippen molar-refractivity contribution in [1.29, 1.82) is 0 Å². The lowest BCUT2D eigenvalue weighted by molar-refractivity contribution is -0.141. The molecule has 5 nitrogen and oxygen atoms in total. The Hall–Kier alpha value is -2.04. The molecule has 5 heteroatoms. The van der Waals surface area contributed by atoms with Crippen molar-refractivity contribution in [2.75, 3.05) is 7.11 Å². The number of benzene rings is 1. The zero-order valence-electron chi connectivity index (χ0n) is 11.6. The number of ether oxygens (including phenoxy) is 1. The Labute approximate surface area is 112 Å². The van der Waals surface area contributed by atoms with Crippen LogP contribution in [0.5, 0.6) is 5.75 Å². The number of hydrogen-bond donors (Lipinski definition) is 2. The largest absolute Gasteiger partial charge is 0.496 e. The molecular formula is C14H19NO4. The van der Waals surface area contributed by atoms with Crippen LogP contribution in [0.3, 0.4) is 0 Å². The minimum atomic E-state index is -1.04. The minimum absolute atomic E-state index is 0.256. The van der Waals surface area contributed by atoms with Crippen LogP contribution in [-0.4, -0.2) is 30.1 Å². The van der Waals surface area contributed by atoms with Crippen LogP contribution in [-0.2, 0) is 16.0 Å². The third-order valence-corrected chi connectivity index (χ3v) is 2.95. The molecule has 1 atom stereocenters. The highest BCUT2D eigenvalue weighted by atomic mass is 16.5. The topological polar surface area (TPSA) is 75.6 Å². The van der Waals surface area contributed by atoms with E-state index >= 15 is 0 Å². The lowest BCUT2D eigenvalue weighted by Gasteiger charge is -2.16. The Morgan fingerprint density at radius 3 is 2.42 bits per heavy atom. The third-order valence-electron chi connectivity index (χ3n) is 2.95. The van der Waals surface area contributed by atoms with Gasteiger partial charge in [-0.3, -0.25) is 4.79 Å². The normalized spacial score (nSPS) is 11.8. The molecule has 19 heavy (non-hydrogen) atoms. The van der Waals surface area contributed by atoms with Crippen molar-refractivity contribution in [2.45, 2.75) is 33.2 Å². The van der Waals surface area contributed by atoms with E-state index in [1.807, 2.05) is 26.0 Å². The second-order valence-electron chi connectivity index (χ2n) is 4.54. The summed E-state index contributed by atoms with van der Waals surface area (Å²) in [5.74, 6) is -0.619. The van der Waals surface area contributed by atoms with E-state index in [9.17, 15) is 9.59 Å². The molecule has 0 saturated carbocycles. The lowest BCUT2D eigenvalue weighted by Crippen LogP contribution is -2.41. The van der Waals surface area contributed by atoms with Gasteiger partial charge in [0, 0.05) is 13.3 Å². The van der Waals surface area contributed by atoms with Crippen LogP contribution in [0.4, 0.5) is 0 Å². The van der Waals surface area contributed by atoms with Gasteiger partial charge in [0.05, 0.1) is 7.11 Å². The van der Waals surface area contributed by atoms with Gasteiger partial charge in [0.15, 0.2) is 0 Å². The maximum Gasteiger partial charge on any atom is 0.326 e. The molecule has 1 unspecified atom stereocenters. The van der Waals surface area contributed by atoms with Gasteiger partial charge >= 0.3 is 5.97 Å². The number of carboxylic acids is 1. The highest BCUT2D eigenvalue weighted by Gasteiger charge is 2.20. The van der Waals surface area contributed by atoms with Gasteiger partial charge in [0.1, 0.15) is 11.8 Å². The maximum atomic E-state index is 11.1. The van der Waals surface area contributed by atoms with Crippen molar-refractivity contribution in [1.82, 2.24) is 5.32 Å². The van der Waals surface area contributed by atoms with E-state index in [1.165, 1.54) is 6.92 Å². The third kappa shape index (κ3) is 3.98. The summed E-state index contributed by atoms with van der Waals surface area (Å²) >= 11 is 0. The summed E-state index contributed by atoms with van der Waals surface area (Å²) < 4.78 is 5.21. The molecule has 0 aromatic heterocycles. The van der Waals surface area contributed by atoms with E-state index in [-0.39, 0.29) is 12.3 Å². The summed E-state index contributed by atoms with van der Waals surface area (Å²) in [5, 5.41) is 11.5. The summed E-state index contributed by atoms with van der Waals surface area (Å²) in [4.78, 5) is 22.1. The van der Waals surface area contributed by atoms with Gasteiger partial charge in [-0.05, 0) is 36.6 Å². The number of carboxylic acid groups (broad SMARTS) is 1. The van der Waals surface area contributed by atoms with Crippen molar-refractivity contribution in [3.8, 4) is 5.75 Å². The second kappa shape index (κ2) is 6.22. The number of rotatable bonds is 5. The van der Waals surface area contributed by atoms with E-state index in [4.69, 9.17) is 9.84 Å². The SMILES string of the molecule is COc1cc(C)c(CC(NC(C)=O)C(=O)O)cc1C. The monoisotopic (exact) mass is 265 g/mol. The van der Waals surface area contributed by atoms with E-state index in [2.05, 4.69) is 5.32 Å². The molecule has 0 saturated heterocycles. The van der Waals surface area contributed by atoms with Crippen LogP contribution in [0.2, 0.25) is 0 Å². The summed E-state index contributed by atoms with van der Waals surface area (Å²) in [6.07, 6.45) is 0.256. The fourth-order valence-corrected chi connectivity index (χ4v) is 1.95. The number of carbonyl (C=O) groups is 2. The van der Waals surface area contributed by atoms with Gasteiger partial charge in [0.2, 0.25) is 5.91 Å². The summed E-state index contributed by atoms with van der Waals surface area (Å²) in [7, 11) is 1.60. The molecule has 0 bridgehead atoms. The van der Waals surface area contributed by atoms with Crippen molar-refractivity contribution in [2.24, 2.45) is 0 Å². The fourth-order valence-electron chi connectivity index (χ4n) is 1.95. The molecule has 1 rings (SSSR count). The van der Waals surface area contributed by atoms with Crippen molar-refractivity contribution in [3.63, 3.8) is 0 Å². The predicted molar refractivity (Wildman–Crippen MR) is 71.4 cm³/mol. The van der Waals surface area contributed by atoms with Gasteiger partial charge in [-0.2, -0.15) is 0 Å². The minimum Gasteiger partial charge on any atom is -0.496 e. The number of hydrogen-bond acceptors (Lipinski definition) is 3. The van der Waals surface area contributed by atoms with Crippen LogP contribution in [0.1, 0.15) is 23.6 Å². The number of methoxy groups -OCH3 is 1. The van der Waals surface area contributed by atoms with Crippen molar-refractivity contribution >= 4 is 11.9 Å². The molecule has 0 radical (unpaired) electrons. The Morgan fingerprint density at radius 2 is 1.95 bits per heavy atom. The molecule has 2 N–H and O–H groups in total. The maximum absolute atomic E-state index is 11.1. The molecule has 1 aromatic rings. The molecule has 0 fully saturated rings. The van der Waals surface area contributed by atoms with Crippen LogP contribution >= 0.6 is 0 Å². The Morgan fingerprint density at radius 1 is 1.32 bits per heavy atom. The zero-order chi connectivity index (χ0) is 14.6. The highest BCUT2D eigenvalue weighted by Crippen LogP contribution is 2.23. The van der Waals surface area contributed by atoms with Gasteiger partial charge in [-0.15, -0.1) is 0 Å². The number of carbonyl (C=O) groups excluding carboxylic acids is 1. The zero-order valence-corrected chi connectivity index (χ0v) is 11.6. The summed E-state index contributed by atoms with van der Waals surface area (Å²) in [6.45, 7) is 5.10. The summed E-state index contributed by atoms with van der Waals surface area (Å²) in [6, 6.07) is 2.85. The van der Waals surface area contributed by atoms with E-state index < -0.39 is 12.0 Å². The molecule has 0 aliphatic heterocycles. The Bertz CT molecular complexity index is 496. The van der Waals surface area contributed by atoms with Gasteiger partial charge in [-0.1, -0.05) is 6.07 Å². The van der Waals surface area contributed by atoms with Crippen LogP contribution < -0.4 is 10.1 Å². The van der Waals surface area contributed by atoms with Gasteiger partial charge < -0.3 is 15.2 Å². The van der Waals surface area contributed by atoms with Crippen molar-refractivity contribution in [3.05, 3.63) is 28.8 Å². The van der Waals surface area contributed by atoms with E-state index in [0.29, 0.717) is 0 Å². The van der Waals surface area contributed by atoms with Crippen LogP contribution in [0.15, 0.2) is 12.1 Å². The number of aliphatic carboxylic acids is 1. The molecule has 0 spiro atoms. The predicted octanol–water partition coefficient (Wildman–Crippen LogP) is 1.44. The highest BCUT2D eigenvalue weighted by molar-refractivity contribution is 5.82. The molecule has 0 aliphatic carbocycles. The first-order valence-corrected chi connectivity index (χ1v) is 5.99. The van der Waals surface area contributed by atoms with Gasteiger partial charge in [0.25, 0.3) is 0 Å². The fraction of sp³-hybridized carbons (Fsp3) is 0.429. The molecule has 0 heterocycles. The van der Waals surface area contributed by atoms with Crippen LogP contribution in [0.25, 0.3) is 0 Å². The average Bonchev–Trinajstić information content (AvgIpc) is 2.31. The first-order chi connectivity index (χ1) is 8.85.